The average molecular weight is 395 g/mol. The molecule has 128 valence electrons. The number of amides is 2. The molecule has 0 spiro atoms. The zero-order chi connectivity index (χ0) is 17.9. The second-order valence-corrected chi connectivity index (χ2v) is 7.36. The largest absolute Gasteiger partial charge is 0.444 e. The molecule has 0 radical (unpaired) electrons. The van der Waals surface area contributed by atoms with Crippen molar-refractivity contribution in [2.75, 3.05) is 11.9 Å². The highest BCUT2D eigenvalue weighted by Gasteiger charge is 2.41. The van der Waals surface area contributed by atoms with E-state index in [0.29, 0.717) is 10.4 Å². The maximum Gasteiger partial charge on any atom is 0.411 e. The topological polar surface area (TPSA) is 95.3 Å². The molecule has 0 aromatic carbocycles. The van der Waals surface area contributed by atoms with Crippen molar-refractivity contribution in [3.05, 3.63) is 22.8 Å². The lowest BCUT2D eigenvalue weighted by molar-refractivity contribution is -0.120. The fourth-order valence-electron chi connectivity index (χ4n) is 2.39. The minimum atomic E-state index is -0.759. The van der Waals surface area contributed by atoms with E-state index in [-0.39, 0.29) is 18.9 Å². The van der Waals surface area contributed by atoms with Crippen LogP contribution in [0, 0.1) is 17.2 Å². The molecule has 1 aromatic rings. The number of halogens is 1. The summed E-state index contributed by atoms with van der Waals surface area (Å²) < 4.78 is 5.93. The average Bonchev–Trinajstić information content (AvgIpc) is 2.90. The molecule has 0 saturated carbocycles. The third-order valence-electron chi connectivity index (χ3n) is 3.38. The highest BCUT2D eigenvalue weighted by molar-refractivity contribution is 9.10. The lowest BCUT2D eigenvalue weighted by Crippen LogP contribution is -2.45. The Morgan fingerprint density at radius 2 is 2.17 bits per heavy atom. The molecule has 2 heterocycles. The fourth-order valence-corrected chi connectivity index (χ4v) is 2.73. The Kier molecular flexibility index (Phi) is 5.44. The van der Waals surface area contributed by atoms with Crippen LogP contribution < -0.4 is 5.32 Å². The first-order chi connectivity index (χ1) is 11.2. The maximum atomic E-state index is 12.5. The highest BCUT2D eigenvalue weighted by Crippen LogP contribution is 2.26. The molecule has 1 aromatic heterocycles. The van der Waals surface area contributed by atoms with Gasteiger partial charge in [0.25, 0.3) is 0 Å². The lowest BCUT2D eigenvalue weighted by Gasteiger charge is -2.27. The number of hydrogen-bond donors (Lipinski definition) is 1. The molecule has 2 atom stereocenters. The van der Waals surface area contributed by atoms with E-state index in [1.807, 2.05) is 0 Å². The van der Waals surface area contributed by atoms with Gasteiger partial charge < -0.3 is 10.1 Å². The van der Waals surface area contributed by atoms with E-state index < -0.39 is 23.7 Å². The summed E-state index contributed by atoms with van der Waals surface area (Å²) in [7, 11) is 0. The lowest BCUT2D eigenvalue weighted by atomic mass is 10.1. The van der Waals surface area contributed by atoms with Crippen molar-refractivity contribution in [3.63, 3.8) is 0 Å². The van der Waals surface area contributed by atoms with Crippen molar-refractivity contribution < 1.29 is 14.3 Å². The summed E-state index contributed by atoms with van der Waals surface area (Å²) in [5.74, 6) is -0.410. The number of rotatable bonds is 2. The van der Waals surface area contributed by atoms with E-state index >= 15 is 0 Å². The molecule has 7 nitrogen and oxygen atoms in total. The fraction of sp³-hybridized carbons (Fsp3) is 0.500. The Bertz CT molecular complexity index is 681. The van der Waals surface area contributed by atoms with Crippen LogP contribution in [0.25, 0.3) is 0 Å². The predicted molar refractivity (Wildman–Crippen MR) is 91.0 cm³/mol. The predicted octanol–water partition coefficient (Wildman–Crippen LogP) is 2.93. The maximum absolute atomic E-state index is 12.5. The second-order valence-electron chi connectivity index (χ2n) is 6.55. The zero-order valence-electron chi connectivity index (χ0n) is 13.7. The third-order valence-corrected chi connectivity index (χ3v) is 3.82. The van der Waals surface area contributed by atoms with Crippen molar-refractivity contribution in [1.29, 1.82) is 5.26 Å². The summed E-state index contributed by atoms with van der Waals surface area (Å²) >= 11 is 3.23. The zero-order valence-corrected chi connectivity index (χ0v) is 15.3. The Hall–Kier alpha value is -2.14. The first-order valence-corrected chi connectivity index (χ1v) is 8.31. The summed E-state index contributed by atoms with van der Waals surface area (Å²) in [4.78, 5) is 30.3. The first-order valence-electron chi connectivity index (χ1n) is 7.52. The minimum Gasteiger partial charge on any atom is -0.444 e. The van der Waals surface area contributed by atoms with Crippen LogP contribution in [-0.4, -0.2) is 40.1 Å². The van der Waals surface area contributed by atoms with Crippen LogP contribution in [0.15, 0.2) is 22.8 Å². The summed E-state index contributed by atoms with van der Waals surface area (Å²) in [5, 5.41) is 11.8. The molecule has 1 fully saturated rings. The molecule has 2 amide bonds. The standard InChI is InChI=1S/C16H19BrN4O3/c1-16(2,3)24-15(23)21-9-10(8-18)7-11(21)14(22)20-13-6-4-5-12(17)19-13/h4-6,10-11H,7,9H2,1-3H3,(H,19,20,22). The highest BCUT2D eigenvalue weighted by atomic mass is 79.9. The van der Waals surface area contributed by atoms with Crippen LogP contribution in [0.1, 0.15) is 27.2 Å². The van der Waals surface area contributed by atoms with E-state index in [1.165, 1.54) is 4.90 Å². The van der Waals surface area contributed by atoms with Gasteiger partial charge in [0, 0.05) is 6.54 Å². The van der Waals surface area contributed by atoms with Crippen LogP contribution in [-0.2, 0) is 9.53 Å². The molecule has 24 heavy (non-hydrogen) atoms. The van der Waals surface area contributed by atoms with Crippen molar-refractivity contribution in [2.24, 2.45) is 5.92 Å². The second kappa shape index (κ2) is 7.18. The number of anilines is 1. The number of carbonyl (C=O) groups excluding carboxylic acids is 2. The van der Waals surface area contributed by atoms with E-state index in [1.54, 1.807) is 39.0 Å². The van der Waals surface area contributed by atoms with Crippen molar-refractivity contribution in [2.45, 2.75) is 38.8 Å². The number of carbonyl (C=O) groups is 2. The van der Waals surface area contributed by atoms with Gasteiger partial charge >= 0.3 is 6.09 Å². The minimum absolute atomic E-state index is 0.176. The molecule has 8 heteroatoms. The van der Waals surface area contributed by atoms with Crippen LogP contribution in [0.2, 0.25) is 0 Å². The van der Waals surface area contributed by atoms with Gasteiger partial charge in [-0.1, -0.05) is 6.07 Å². The van der Waals surface area contributed by atoms with Gasteiger partial charge in [0.1, 0.15) is 22.1 Å². The van der Waals surface area contributed by atoms with Gasteiger partial charge in [-0.2, -0.15) is 5.26 Å². The number of ether oxygens (including phenoxy) is 1. The number of aromatic nitrogens is 1. The molecule has 2 rings (SSSR count). The normalized spacial score (nSPS) is 20.4. The Morgan fingerprint density at radius 1 is 1.46 bits per heavy atom. The molecule has 0 bridgehead atoms. The number of nitrogens with zero attached hydrogens (tertiary/aromatic N) is 3. The van der Waals surface area contributed by atoms with Crippen molar-refractivity contribution in [1.82, 2.24) is 9.88 Å². The van der Waals surface area contributed by atoms with Gasteiger partial charge in [-0.3, -0.25) is 9.69 Å². The van der Waals surface area contributed by atoms with Crippen molar-refractivity contribution in [3.8, 4) is 6.07 Å². The summed E-state index contributed by atoms with van der Waals surface area (Å²) in [6.07, 6.45) is -0.321. The third kappa shape index (κ3) is 4.68. The number of nitriles is 1. The van der Waals surface area contributed by atoms with Crippen molar-refractivity contribution >= 4 is 33.7 Å². The van der Waals surface area contributed by atoms with Gasteiger partial charge in [0.2, 0.25) is 5.91 Å². The number of likely N-dealkylation sites (tertiary alicyclic amines) is 1. The first kappa shape index (κ1) is 18.2. The Balaban J connectivity index is 2.14. The van der Waals surface area contributed by atoms with Crippen LogP contribution in [0.3, 0.4) is 0 Å². The van der Waals surface area contributed by atoms with E-state index in [9.17, 15) is 9.59 Å². The van der Waals surface area contributed by atoms with Gasteiger partial charge in [0.15, 0.2) is 0 Å². The summed E-state index contributed by atoms with van der Waals surface area (Å²) in [6.45, 7) is 5.44. The molecular weight excluding hydrogens is 376 g/mol. The number of pyridine rings is 1. The van der Waals surface area contributed by atoms with E-state index in [4.69, 9.17) is 10.00 Å². The Labute approximate surface area is 149 Å². The van der Waals surface area contributed by atoms with Gasteiger partial charge in [-0.15, -0.1) is 0 Å². The van der Waals surface area contributed by atoms with E-state index in [2.05, 4.69) is 32.3 Å². The molecule has 0 aliphatic carbocycles. The molecule has 1 saturated heterocycles. The molecule has 1 N–H and O–H groups in total. The summed E-state index contributed by atoms with van der Waals surface area (Å²) in [5.41, 5.74) is -0.672. The molecule has 1 aliphatic heterocycles. The van der Waals surface area contributed by atoms with Crippen LogP contribution >= 0.6 is 15.9 Å². The van der Waals surface area contributed by atoms with Gasteiger partial charge in [0.05, 0.1) is 12.0 Å². The summed E-state index contributed by atoms with van der Waals surface area (Å²) in [6, 6.07) is 6.49. The number of nitrogens with one attached hydrogen (secondary N) is 1. The van der Waals surface area contributed by atoms with Gasteiger partial charge in [-0.25, -0.2) is 9.78 Å². The number of hydrogen-bond acceptors (Lipinski definition) is 5. The smallest absolute Gasteiger partial charge is 0.411 e. The van der Waals surface area contributed by atoms with E-state index in [0.717, 1.165) is 0 Å². The molecular formula is C16H19BrN4O3. The quantitative estimate of drug-likeness (QED) is 0.777. The SMILES string of the molecule is CC(C)(C)OC(=O)N1CC(C#N)CC1C(=O)Nc1cccc(Br)n1. The monoisotopic (exact) mass is 394 g/mol. The van der Waals surface area contributed by atoms with Crippen LogP contribution in [0.5, 0.6) is 0 Å². The molecule has 1 aliphatic rings. The van der Waals surface area contributed by atoms with Crippen LogP contribution in [0.4, 0.5) is 10.6 Å². The molecule has 2 unspecified atom stereocenters. The Morgan fingerprint density at radius 3 is 2.75 bits per heavy atom. The van der Waals surface area contributed by atoms with Gasteiger partial charge in [-0.05, 0) is 55.3 Å².